The van der Waals surface area contributed by atoms with E-state index in [1.165, 1.54) is 12.1 Å². The molecule has 5 nitrogen and oxygen atoms in total. The molecule has 6 heteroatoms. The van der Waals surface area contributed by atoms with Gasteiger partial charge in [-0.1, -0.05) is 0 Å². The van der Waals surface area contributed by atoms with Crippen molar-refractivity contribution in [2.24, 2.45) is 11.7 Å². The van der Waals surface area contributed by atoms with Crippen LogP contribution in [0.2, 0.25) is 0 Å². The molecule has 1 aromatic carbocycles. The van der Waals surface area contributed by atoms with Crippen LogP contribution >= 0.6 is 0 Å². The quantitative estimate of drug-likeness (QED) is 0.849. The van der Waals surface area contributed by atoms with Crippen molar-refractivity contribution in [1.82, 2.24) is 10.2 Å². The summed E-state index contributed by atoms with van der Waals surface area (Å²) in [7, 11) is 0. The van der Waals surface area contributed by atoms with Crippen molar-refractivity contribution >= 4 is 11.6 Å². The molecule has 0 aromatic heterocycles. The summed E-state index contributed by atoms with van der Waals surface area (Å²) in [6.45, 7) is 5.35. The average Bonchev–Trinajstić information content (AvgIpc) is 3.03. The number of rotatable bonds is 5. The van der Waals surface area contributed by atoms with Gasteiger partial charge in [-0.3, -0.25) is 9.69 Å². The molecule has 0 spiro atoms. The number of piperazine rings is 1. The van der Waals surface area contributed by atoms with Crippen LogP contribution in [0.15, 0.2) is 24.3 Å². The van der Waals surface area contributed by atoms with Crippen LogP contribution in [0.25, 0.3) is 0 Å². The number of anilines is 1. The molecule has 3 N–H and O–H groups in total. The number of benzene rings is 1. The standard InChI is InChI=1S/C18H27FN4O/c19-15-2-5-17(6-3-15)23-11-9-22(10-12-23)8-7-21-18(24)14-1-4-16(20)13-14/h2-3,5-6,14,16H,1,4,7-13,20H2,(H,21,24). The number of amides is 1. The van der Waals surface area contributed by atoms with Gasteiger partial charge in [0.2, 0.25) is 5.91 Å². The fourth-order valence-electron chi connectivity index (χ4n) is 3.62. The van der Waals surface area contributed by atoms with E-state index >= 15 is 0 Å². The first-order chi connectivity index (χ1) is 11.6. The second kappa shape index (κ2) is 7.94. The Morgan fingerprint density at radius 1 is 1.17 bits per heavy atom. The molecule has 3 rings (SSSR count). The minimum atomic E-state index is -0.198. The number of carbonyl (C=O) groups excluding carboxylic acids is 1. The van der Waals surface area contributed by atoms with Crippen molar-refractivity contribution in [3.8, 4) is 0 Å². The average molecular weight is 334 g/mol. The molecule has 1 heterocycles. The Bertz CT molecular complexity index is 542. The van der Waals surface area contributed by atoms with E-state index in [-0.39, 0.29) is 23.7 Å². The van der Waals surface area contributed by atoms with E-state index in [0.717, 1.165) is 57.7 Å². The first-order valence-electron chi connectivity index (χ1n) is 8.88. The molecule has 1 amide bonds. The molecule has 24 heavy (non-hydrogen) atoms. The lowest BCUT2D eigenvalue weighted by Crippen LogP contribution is -2.48. The second-order valence-electron chi connectivity index (χ2n) is 6.87. The van der Waals surface area contributed by atoms with E-state index in [0.29, 0.717) is 6.54 Å². The largest absolute Gasteiger partial charge is 0.369 e. The van der Waals surface area contributed by atoms with Gasteiger partial charge in [-0.15, -0.1) is 0 Å². The maximum Gasteiger partial charge on any atom is 0.223 e. The first-order valence-corrected chi connectivity index (χ1v) is 8.88. The monoisotopic (exact) mass is 334 g/mol. The number of hydrogen-bond acceptors (Lipinski definition) is 4. The van der Waals surface area contributed by atoms with Gasteiger partial charge in [-0.2, -0.15) is 0 Å². The highest BCUT2D eigenvalue weighted by molar-refractivity contribution is 5.78. The highest BCUT2D eigenvalue weighted by atomic mass is 19.1. The van der Waals surface area contributed by atoms with Crippen molar-refractivity contribution in [2.45, 2.75) is 25.3 Å². The fraction of sp³-hybridized carbons (Fsp3) is 0.611. The summed E-state index contributed by atoms with van der Waals surface area (Å²) in [6, 6.07) is 6.87. The van der Waals surface area contributed by atoms with Crippen molar-refractivity contribution in [3.63, 3.8) is 0 Å². The zero-order valence-electron chi connectivity index (χ0n) is 14.1. The molecule has 2 aliphatic rings. The van der Waals surface area contributed by atoms with Crippen molar-refractivity contribution in [3.05, 3.63) is 30.1 Å². The van der Waals surface area contributed by atoms with Crippen LogP contribution in [0, 0.1) is 11.7 Å². The van der Waals surface area contributed by atoms with E-state index in [1.807, 2.05) is 12.1 Å². The van der Waals surface area contributed by atoms with Crippen LogP contribution < -0.4 is 16.0 Å². The molecule has 2 unspecified atom stereocenters. The number of halogens is 1. The van der Waals surface area contributed by atoms with Crippen molar-refractivity contribution < 1.29 is 9.18 Å². The van der Waals surface area contributed by atoms with Gasteiger partial charge in [0.1, 0.15) is 5.82 Å². The molecular formula is C18H27FN4O. The van der Waals surface area contributed by atoms with E-state index in [1.54, 1.807) is 0 Å². The predicted octanol–water partition coefficient (Wildman–Crippen LogP) is 1.19. The number of nitrogens with zero attached hydrogens (tertiary/aromatic N) is 2. The maximum absolute atomic E-state index is 13.0. The number of nitrogens with two attached hydrogens (primary N) is 1. The third kappa shape index (κ3) is 4.45. The second-order valence-corrected chi connectivity index (χ2v) is 6.87. The minimum absolute atomic E-state index is 0.107. The normalized spacial score (nSPS) is 25.0. The van der Waals surface area contributed by atoms with Gasteiger partial charge in [0.25, 0.3) is 0 Å². The predicted molar refractivity (Wildman–Crippen MR) is 93.4 cm³/mol. The fourth-order valence-corrected chi connectivity index (χ4v) is 3.62. The Balaban J connectivity index is 1.35. The summed E-state index contributed by atoms with van der Waals surface area (Å²) in [5, 5.41) is 3.05. The molecule has 1 aromatic rings. The Kier molecular flexibility index (Phi) is 5.68. The van der Waals surface area contributed by atoms with E-state index in [9.17, 15) is 9.18 Å². The smallest absolute Gasteiger partial charge is 0.223 e. The lowest BCUT2D eigenvalue weighted by atomic mass is 10.1. The van der Waals surface area contributed by atoms with Gasteiger partial charge in [0, 0.05) is 56.9 Å². The Morgan fingerprint density at radius 2 is 1.88 bits per heavy atom. The van der Waals surface area contributed by atoms with Gasteiger partial charge in [0.05, 0.1) is 0 Å². The Hall–Kier alpha value is -1.66. The lowest BCUT2D eigenvalue weighted by Gasteiger charge is -2.36. The van der Waals surface area contributed by atoms with Crippen LogP contribution in [0.4, 0.5) is 10.1 Å². The summed E-state index contributed by atoms with van der Waals surface area (Å²) < 4.78 is 13.0. The zero-order valence-corrected chi connectivity index (χ0v) is 14.1. The van der Waals surface area contributed by atoms with Crippen LogP contribution in [0.5, 0.6) is 0 Å². The summed E-state index contributed by atoms with van der Waals surface area (Å²) in [5.74, 6) is 0.0690. The van der Waals surface area contributed by atoms with E-state index in [2.05, 4.69) is 15.1 Å². The molecule has 0 bridgehead atoms. The summed E-state index contributed by atoms with van der Waals surface area (Å²) in [6.07, 6.45) is 2.70. The third-order valence-corrected chi connectivity index (χ3v) is 5.14. The first kappa shape index (κ1) is 17.2. The maximum atomic E-state index is 13.0. The topological polar surface area (TPSA) is 61.6 Å². The van der Waals surface area contributed by atoms with Crippen LogP contribution in [0.1, 0.15) is 19.3 Å². The zero-order chi connectivity index (χ0) is 16.9. The van der Waals surface area contributed by atoms with Gasteiger partial charge in [0.15, 0.2) is 0 Å². The molecular weight excluding hydrogens is 307 g/mol. The molecule has 2 fully saturated rings. The number of nitrogens with one attached hydrogen (secondary N) is 1. The van der Waals surface area contributed by atoms with E-state index < -0.39 is 0 Å². The van der Waals surface area contributed by atoms with E-state index in [4.69, 9.17) is 5.73 Å². The van der Waals surface area contributed by atoms with Crippen molar-refractivity contribution in [2.75, 3.05) is 44.2 Å². The Labute approximate surface area is 143 Å². The third-order valence-electron chi connectivity index (χ3n) is 5.14. The molecule has 1 saturated heterocycles. The lowest BCUT2D eigenvalue weighted by molar-refractivity contribution is -0.124. The molecule has 2 atom stereocenters. The summed E-state index contributed by atoms with van der Waals surface area (Å²) >= 11 is 0. The molecule has 1 aliphatic carbocycles. The van der Waals surface area contributed by atoms with Gasteiger partial charge >= 0.3 is 0 Å². The Morgan fingerprint density at radius 3 is 2.50 bits per heavy atom. The van der Waals surface area contributed by atoms with Crippen LogP contribution in [0.3, 0.4) is 0 Å². The highest BCUT2D eigenvalue weighted by Crippen LogP contribution is 2.24. The summed E-state index contributed by atoms with van der Waals surface area (Å²) in [4.78, 5) is 16.7. The minimum Gasteiger partial charge on any atom is -0.369 e. The molecule has 132 valence electrons. The number of hydrogen-bond donors (Lipinski definition) is 2. The van der Waals surface area contributed by atoms with Gasteiger partial charge in [-0.25, -0.2) is 4.39 Å². The van der Waals surface area contributed by atoms with Gasteiger partial charge in [-0.05, 0) is 43.5 Å². The highest BCUT2D eigenvalue weighted by Gasteiger charge is 2.27. The van der Waals surface area contributed by atoms with Crippen molar-refractivity contribution in [1.29, 1.82) is 0 Å². The number of carbonyl (C=O) groups is 1. The summed E-state index contributed by atoms with van der Waals surface area (Å²) in [5.41, 5.74) is 6.94. The molecule has 0 radical (unpaired) electrons. The van der Waals surface area contributed by atoms with Crippen LogP contribution in [-0.4, -0.2) is 56.1 Å². The van der Waals surface area contributed by atoms with Crippen LogP contribution in [-0.2, 0) is 4.79 Å². The molecule has 1 saturated carbocycles. The van der Waals surface area contributed by atoms with Gasteiger partial charge < -0.3 is 16.0 Å². The SMILES string of the molecule is NC1CCC(C(=O)NCCN2CCN(c3ccc(F)cc3)CC2)C1. The molecule has 1 aliphatic heterocycles.